The van der Waals surface area contributed by atoms with Gasteiger partial charge < -0.3 is 19.9 Å². The third-order valence-electron chi connectivity index (χ3n) is 5.75. The molecule has 5 rings (SSSR count). The van der Waals surface area contributed by atoms with Crippen LogP contribution in [0.15, 0.2) is 78.6 Å². The molecule has 1 saturated heterocycles. The largest absolute Gasteiger partial charge is 0.449 e. The van der Waals surface area contributed by atoms with Gasteiger partial charge in [0, 0.05) is 42.5 Å². The Hall–Kier alpha value is -3.77. The number of carbonyl (C=O) groups is 2. The molecule has 0 radical (unpaired) electrons. The molecule has 2 aliphatic heterocycles. The Bertz CT molecular complexity index is 1230. The molecule has 0 spiro atoms. The van der Waals surface area contributed by atoms with Crippen molar-refractivity contribution in [1.82, 2.24) is 4.90 Å². The minimum Gasteiger partial charge on any atom is -0.449 e. The fourth-order valence-corrected chi connectivity index (χ4v) is 4.23. The zero-order valence-electron chi connectivity index (χ0n) is 17.8. The molecule has 2 aliphatic rings. The number of benzene rings is 3. The lowest BCUT2D eigenvalue weighted by Gasteiger charge is -2.36. The monoisotopic (exact) mass is 459 g/mol. The number of amides is 2. The van der Waals surface area contributed by atoms with Crippen molar-refractivity contribution < 1.29 is 14.3 Å². The number of nitrogens with zero attached hydrogens (tertiary/aromatic N) is 2. The van der Waals surface area contributed by atoms with Gasteiger partial charge in [0.05, 0.1) is 5.69 Å². The normalized spacial score (nSPS) is 16.8. The Labute approximate surface area is 197 Å². The van der Waals surface area contributed by atoms with E-state index in [1.54, 1.807) is 42.5 Å². The minimum absolute atomic E-state index is 0.0555. The maximum Gasteiger partial charge on any atom is 0.291 e. The van der Waals surface area contributed by atoms with Gasteiger partial charge in [-0.05, 0) is 54.1 Å². The summed E-state index contributed by atoms with van der Waals surface area (Å²) in [5.41, 5.74) is 2.93. The second kappa shape index (κ2) is 9.00. The van der Waals surface area contributed by atoms with Crippen LogP contribution >= 0.6 is 11.6 Å². The molecular formula is C26H22ClN3O3. The van der Waals surface area contributed by atoms with Gasteiger partial charge in [-0.1, -0.05) is 41.9 Å². The summed E-state index contributed by atoms with van der Waals surface area (Å²) >= 11 is 6.02. The number of anilines is 2. The van der Waals surface area contributed by atoms with Crippen LogP contribution in [0.3, 0.4) is 0 Å². The minimum atomic E-state index is -0.372. The van der Waals surface area contributed by atoms with E-state index in [0.29, 0.717) is 35.1 Å². The third kappa shape index (κ3) is 4.56. The van der Waals surface area contributed by atoms with Crippen molar-refractivity contribution in [1.29, 1.82) is 0 Å². The van der Waals surface area contributed by atoms with Crippen molar-refractivity contribution in [2.45, 2.75) is 0 Å². The Balaban J connectivity index is 1.28. The lowest BCUT2D eigenvalue weighted by molar-refractivity contribution is -0.115. The van der Waals surface area contributed by atoms with Gasteiger partial charge in [-0.2, -0.15) is 0 Å². The maximum atomic E-state index is 13.1. The predicted octanol–water partition coefficient (Wildman–Crippen LogP) is 4.67. The average molecular weight is 460 g/mol. The van der Waals surface area contributed by atoms with E-state index in [4.69, 9.17) is 16.3 Å². The molecule has 1 fully saturated rings. The molecule has 3 aromatic rings. The number of fused-ring (bicyclic) bond motifs is 1. The van der Waals surface area contributed by atoms with Gasteiger partial charge in [0.2, 0.25) is 0 Å². The Morgan fingerprint density at radius 2 is 1.73 bits per heavy atom. The Morgan fingerprint density at radius 1 is 0.939 bits per heavy atom. The molecule has 2 amide bonds. The predicted molar refractivity (Wildman–Crippen MR) is 130 cm³/mol. The van der Waals surface area contributed by atoms with Crippen LogP contribution in [0, 0.1) is 0 Å². The van der Waals surface area contributed by atoms with E-state index < -0.39 is 0 Å². The Morgan fingerprint density at radius 3 is 2.48 bits per heavy atom. The van der Waals surface area contributed by atoms with Gasteiger partial charge in [-0.15, -0.1) is 0 Å². The SMILES string of the molecule is O=C1Nc2cc(C(=O)N3CCN(c4ccccc4)CC3)ccc2O/C1=C/c1cccc(Cl)c1. The zero-order chi connectivity index (χ0) is 22.8. The molecule has 3 aromatic carbocycles. The van der Waals surface area contributed by atoms with Gasteiger partial charge in [0.1, 0.15) is 0 Å². The van der Waals surface area contributed by atoms with Crippen LogP contribution in [0.5, 0.6) is 5.75 Å². The quantitative estimate of drug-likeness (QED) is 0.578. The molecule has 0 aliphatic carbocycles. The van der Waals surface area contributed by atoms with Gasteiger partial charge in [-0.3, -0.25) is 9.59 Å². The third-order valence-corrected chi connectivity index (χ3v) is 5.99. The lowest BCUT2D eigenvalue weighted by atomic mass is 10.1. The summed E-state index contributed by atoms with van der Waals surface area (Å²) in [6, 6.07) is 22.5. The number of carbonyl (C=O) groups excluding carboxylic acids is 2. The van der Waals surface area contributed by atoms with Crippen molar-refractivity contribution in [3.05, 3.63) is 94.7 Å². The second-order valence-electron chi connectivity index (χ2n) is 7.95. The first-order valence-electron chi connectivity index (χ1n) is 10.8. The van der Waals surface area contributed by atoms with Crippen LogP contribution in [0.1, 0.15) is 15.9 Å². The first kappa shape index (κ1) is 21.1. The molecule has 7 heteroatoms. The summed E-state index contributed by atoms with van der Waals surface area (Å²) < 4.78 is 5.81. The second-order valence-corrected chi connectivity index (χ2v) is 8.38. The molecule has 2 heterocycles. The van der Waals surface area contributed by atoms with Crippen LogP contribution in [0.25, 0.3) is 6.08 Å². The first-order chi connectivity index (χ1) is 16.1. The van der Waals surface area contributed by atoms with E-state index in [9.17, 15) is 9.59 Å². The van der Waals surface area contributed by atoms with Crippen LogP contribution < -0.4 is 15.0 Å². The molecule has 166 valence electrons. The summed E-state index contributed by atoms with van der Waals surface area (Å²) in [5.74, 6) is 0.234. The maximum absolute atomic E-state index is 13.1. The molecule has 1 N–H and O–H groups in total. The molecule has 33 heavy (non-hydrogen) atoms. The summed E-state index contributed by atoms with van der Waals surface area (Å²) in [7, 11) is 0. The standard InChI is InChI=1S/C26H22ClN3O3/c27-20-6-4-5-18(15-20)16-24-25(31)28-22-17-19(9-10-23(22)33-24)26(32)30-13-11-29(12-14-30)21-7-2-1-3-8-21/h1-10,15-17H,11-14H2,(H,28,31)/b24-16+. The van der Waals surface area contributed by atoms with Crippen molar-refractivity contribution in [2.75, 3.05) is 36.4 Å². The van der Waals surface area contributed by atoms with E-state index in [0.717, 1.165) is 18.7 Å². The number of ether oxygens (including phenoxy) is 1. The molecule has 0 bridgehead atoms. The number of piperazine rings is 1. The zero-order valence-corrected chi connectivity index (χ0v) is 18.6. The highest BCUT2D eigenvalue weighted by atomic mass is 35.5. The Kier molecular flexibility index (Phi) is 5.75. The number of hydrogen-bond acceptors (Lipinski definition) is 4. The van der Waals surface area contributed by atoms with Gasteiger partial charge >= 0.3 is 0 Å². The number of nitrogens with one attached hydrogen (secondary N) is 1. The highest BCUT2D eigenvalue weighted by Gasteiger charge is 2.26. The van der Waals surface area contributed by atoms with E-state index in [1.165, 1.54) is 5.69 Å². The summed E-state index contributed by atoms with van der Waals surface area (Å²) in [4.78, 5) is 29.8. The van der Waals surface area contributed by atoms with Crippen LogP contribution in [0.2, 0.25) is 5.02 Å². The first-order valence-corrected chi connectivity index (χ1v) is 11.1. The van der Waals surface area contributed by atoms with E-state index in [1.807, 2.05) is 29.2 Å². The summed E-state index contributed by atoms with van der Waals surface area (Å²) in [6.45, 7) is 2.83. The molecule has 0 unspecified atom stereocenters. The molecular weight excluding hydrogens is 438 g/mol. The van der Waals surface area contributed by atoms with Crippen molar-refractivity contribution in [2.24, 2.45) is 0 Å². The van der Waals surface area contributed by atoms with E-state index >= 15 is 0 Å². The highest BCUT2D eigenvalue weighted by Crippen LogP contribution is 2.33. The van der Waals surface area contributed by atoms with Gasteiger partial charge in [0.25, 0.3) is 11.8 Å². The lowest BCUT2D eigenvalue weighted by Crippen LogP contribution is -2.48. The van der Waals surface area contributed by atoms with Crippen LogP contribution in [-0.4, -0.2) is 42.9 Å². The molecule has 6 nitrogen and oxygen atoms in total. The molecule has 0 saturated carbocycles. The van der Waals surface area contributed by atoms with Crippen LogP contribution in [-0.2, 0) is 4.79 Å². The smallest absolute Gasteiger partial charge is 0.291 e. The van der Waals surface area contributed by atoms with Crippen molar-refractivity contribution >= 4 is 40.9 Å². The number of hydrogen-bond donors (Lipinski definition) is 1. The van der Waals surface area contributed by atoms with Gasteiger partial charge in [0.15, 0.2) is 11.5 Å². The van der Waals surface area contributed by atoms with Crippen molar-refractivity contribution in [3.63, 3.8) is 0 Å². The topological polar surface area (TPSA) is 61.9 Å². The fraction of sp³-hybridized carbons (Fsp3) is 0.154. The van der Waals surface area contributed by atoms with Crippen molar-refractivity contribution in [3.8, 4) is 5.75 Å². The molecule has 0 aromatic heterocycles. The summed E-state index contributed by atoms with van der Waals surface area (Å²) in [5, 5.41) is 3.40. The number of para-hydroxylation sites is 1. The van der Waals surface area contributed by atoms with Gasteiger partial charge in [-0.25, -0.2) is 0 Å². The van der Waals surface area contributed by atoms with E-state index in [-0.39, 0.29) is 17.6 Å². The molecule has 0 atom stereocenters. The summed E-state index contributed by atoms with van der Waals surface area (Å²) in [6.07, 6.45) is 1.63. The number of rotatable bonds is 3. The highest BCUT2D eigenvalue weighted by molar-refractivity contribution is 6.30. The number of halogens is 1. The van der Waals surface area contributed by atoms with Crippen LogP contribution in [0.4, 0.5) is 11.4 Å². The fourth-order valence-electron chi connectivity index (χ4n) is 4.03. The van der Waals surface area contributed by atoms with E-state index in [2.05, 4.69) is 22.3 Å². The average Bonchev–Trinajstić information content (AvgIpc) is 2.84.